The molecule has 1 heterocycles. The molecule has 0 bridgehead atoms. The summed E-state index contributed by atoms with van der Waals surface area (Å²) in [7, 11) is 0. The molecule has 2 unspecified atom stereocenters. The minimum absolute atomic E-state index is 0.00113. The lowest BCUT2D eigenvalue weighted by atomic mass is 10.1. The molecule has 1 fully saturated rings. The molecule has 0 aliphatic carbocycles. The van der Waals surface area contributed by atoms with Gasteiger partial charge >= 0.3 is 0 Å². The van der Waals surface area contributed by atoms with Gasteiger partial charge in [-0.25, -0.2) is 0 Å². The van der Waals surface area contributed by atoms with Crippen LogP contribution in [0, 0.1) is 5.92 Å². The minimum atomic E-state index is -0.00113. The van der Waals surface area contributed by atoms with Crippen LogP contribution >= 0.6 is 0 Å². The first kappa shape index (κ1) is 11.9. The van der Waals surface area contributed by atoms with Crippen LogP contribution in [0.1, 0.15) is 18.9 Å². The third-order valence-electron chi connectivity index (χ3n) is 3.02. The number of anilines is 1. The van der Waals surface area contributed by atoms with E-state index in [4.69, 9.17) is 10.5 Å². The zero-order chi connectivity index (χ0) is 12.3. The van der Waals surface area contributed by atoms with Gasteiger partial charge in [-0.3, -0.25) is 4.79 Å². The first-order valence-electron chi connectivity index (χ1n) is 5.89. The molecule has 17 heavy (non-hydrogen) atoms. The number of carbonyl (C=O) groups is 1. The standard InChI is InChI=1S/C13H18N2O2/c1-9-6-11(8-17-9)13(16)15-7-10-2-4-12(14)5-3-10/h2-5,9,11H,6-8,14H2,1H3,(H,15,16). The molecule has 0 saturated carbocycles. The fourth-order valence-electron chi connectivity index (χ4n) is 1.97. The van der Waals surface area contributed by atoms with Gasteiger partial charge in [0.1, 0.15) is 0 Å². The molecule has 0 aromatic heterocycles. The Kier molecular flexibility index (Phi) is 3.64. The molecular weight excluding hydrogens is 216 g/mol. The van der Waals surface area contributed by atoms with Crippen molar-refractivity contribution in [3.05, 3.63) is 29.8 Å². The van der Waals surface area contributed by atoms with Crippen LogP contribution in [0.2, 0.25) is 0 Å². The van der Waals surface area contributed by atoms with Gasteiger partial charge in [0.15, 0.2) is 0 Å². The molecule has 92 valence electrons. The molecule has 2 atom stereocenters. The number of ether oxygens (including phenoxy) is 1. The highest BCUT2D eigenvalue weighted by Crippen LogP contribution is 2.19. The zero-order valence-electron chi connectivity index (χ0n) is 9.98. The highest BCUT2D eigenvalue weighted by molar-refractivity contribution is 5.79. The fourth-order valence-corrected chi connectivity index (χ4v) is 1.97. The van der Waals surface area contributed by atoms with E-state index in [-0.39, 0.29) is 17.9 Å². The molecule has 1 aromatic carbocycles. The predicted molar refractivity (Wildman–Crippen MR) is 66.2 cm³/mol. The zero-order valence-corrected chi connectivity index (χ0v) is 9.98. The minimum Gasteiger partial charge on any atom is -0.399 e. The summed E-state index contributed by atoms with van der Waals surface area (Å²) in [6, 6.07) is 7.51. The predicted octanol–water partition coefficient (Wildman–Crippen LogP) is 1.31. The Balaban J connectivity index is 1.82. The number of amides is 1. The summed E-state index contributed by atoms with van der Waals surface area (Å²) in [5.74, 6) is 0.0740. The summed E-state index contributed by atoms with van der Waals surface area (Å²) in [6.45, 7) is 3.08. The summed E-state index contributed by atoms with van der Waals surface area (Å²) in [4.78, 5) is 11.8. The molecule has 1 aromatic rings. The molecular formula is C13H18N2O2. The summed E-state index contributed by atoms with van der Waals surface area (Å²) < 4.78 is 5.38. The number of rotatable bonds is 3. The van der Waals surface area contributed by atoms with E-state index in [2.05, 4.69) is 5.32 Å². The molecule has 4 heteroatoms. The molecule has 0 spiro atoms. The van der Waals surface area contributed by atoms with Crippen molar-refractivity contribution in [2.24, 2.45) is 5.92 Å². The van der Waals surface area contributed by atoms with E-state index in [1.165, 1.54) is 0 Å². The Morgan fingerprint density at radius 1 is 1.47 bits per heavy atom. The molecule has 1 aliphatic rings. The van der Waals surface area contributed by atoms with Gasteiger partial charge in [-0.15, -0.1) is 0 Å². The Morgan fingerprint density at radius 2 is 2.18 bits per heavy atom. The van der Waals surface area contributed by atoms with Crippen molar-refractivity contribution in [3.63, 3.8) is 0 Å². The second kappa shape index (κ2) is 5.19. The van der Waals surface area contributed by atoms with Gasteiger partial charge in [-0.2, -0.15) is 0 Å². The van der Waals surface area contributed by atoms with E-state index in [1.54, 1.807) is 0 Å². The number of benzene rings is 1. The van der Waals surface area contributed by atoms with E-state index >= 15 is 0 Å². The van der Waals surface area contributed by atoms with Crippen molar-refractivity contribution in [2.45, 2.75) is 26.0 Å². The maximum atomic E-state index is 11.8. The average Bonchev–Trinajstić information content (AvgIpc) is 2.75. The summed E-state index contributed by atoms with van der Waals surface area (Å²) in [5, 5.41) is 2.92. The summed E-state index contributed by atoms with van der Waals surface area (Å²) in [5.41, 5.74) is 7.38. The smallest absolute Gasteiger partial charge is 0.225 e. The molecule has 2 rings (SSSR count). The Labute approximate surface area is 101 Å². The van der Waals surface area contributed by atoms with Crippen molar-refractivity contribution < 1.29 is 9.53 Å². The van der Waals surface area contributed by atoms with E-state index in [1.807, 2.05) is 31.2 Å². The normalized spacial score (nSPS) is 23.6. The molecule has 4 nitrogen and oxygen atoms in total. The lowest BCUT2D eigenvalue weighted by Gasteiger charge is -2.09. The molecule has 3 N–H and O–H groups in total. The van der Waals surface area contributed by atoms with Crippen molar-refractivity contribution >= 4 is 11.6 Å². The number of nitrogen functional groups attached to an aromatic ring is 1. The second-order valence-electron chi connectivity index (χ2n) is 4.54. The van der Waals surface area contributed by atoms with E-state index < -0.39 is 0 Å². The van der Waals surface area contributed by atoms with Crippen molar-refractivity contribution in [1.29, 1.82) is 0 Å². The van der Waals surface area contributed by atoms with Gasteiger partial charge < -0.3 is 15.8 Å². The average molecular weight is 234 g/mol. The molecule has 0 radical (unpaired) electrons. The van der Waals surface area contributed by atoms with E-state index in [0.29, 0.717) is 13.2 Å². The maximum Gasteiger partial charge on any atom is 0.225 e. The number of hydrogen-bond acceptors (Lipinski definition) is 3. The highest BCUT2D eigenvalue weighted by Gasteiger charge is 2.27. The Hall–Kier alpha value is -1.55. The van der Waals surface area contributed by atoms with Crippen molar-refractivity contribution in [3.8, 4) is 0 Å². The van der Waals surface area contributed by atoms with Crippen LogP contribution in [0.4, 0.5) is 5.69 Å². The van der Waals surface area contributed by atoms with Gasteiger partial charge in [0.25, 0.3) is 0 Å². The first-order valence-corrected chi connectivity index (χ1v) is 5.89. The van der Waals surface area contributed by atoms with Gasteiger partial charge in [0, 0.05) is 12.2 Å². The third-order valence-corrected chi connectivity index (χ3v) is 3.02. The third kappa shape index (κ3) is 3.20. The van der Waals surface area contributed by atoms with Crippen LogP contribution in [0.25, 0.3) is 0 Å². The Bertz CT molecular complexity index is 389. The topological polar surface area (TPSA) is 64.4 Å². The maximum absolute atomic E-state index is 11.8. The molecule has 1 aliphatic heterocycles. The fraction of sp³-hybridized carbons (Fsp3) is 0.462. The number of nitrogens with one attached hydrogen (secondary N) is 1. The second-order valence-corrected chi connectivity index (χ2v) is 4.54. The first-order chi connectivity index (χ1) is 8.15. The SMILES string of the molecule is CC1CC(C(=O)NCc2ccc(N)cc2)CO1. The lowest BCUT2D eigenvalue weighted by Crippen LogP contribution is -2.30. The van der Waals surface area contributed by atoms with E-state index in [0.717, 1.165) is 17.7 Å². The largest absolute Gasteiger partial charge is 0.399 e. The van der Waals surface area contributed by atoms with Crippen LogP contribution in [-0.4, -0.2) is 18.6 Å². The summed E-state index contributed by atoms with van der Waals surface area (Å²) >= 11 is 0. The quantitative estimate of drug-likeness (QED) is 0.775. The number of hydrogen-bond donors (Lipinski definition) is 2. The number of nitrogens with two attached hydrogens (primary N) is 1. The van der Waals surface area contributed by atoms with E-state index in [9.17, 15) is 4.79 Å². The van der Waals surface area contributed by atoms with Crippen LogP contribution < -0.4 is 11.1 Å². The highest BCUT2D eigenvalue weighted by atomic mass is 16.5. The number of carbonyl (C=O) groups excluding carboxylic acids is 1. The Morgan fingerprint density at radius 3 is 2.76 bits per heavy atom. The van der Waals surface area contributed by atoms with Crippen molar-refractivity contribution in [2.75, 3.05) is 12.3 Å². The van der Waals surface area contributed by atoms with Crippen LogP contribution in [-0.2, 0) is 16.1 Å². The van der Waals surface area contributed by atoms with Crippen LogP contribution in [0.15, 0.2) is 24.3 Å². The van der Waals surface area contributed by atoms with Crippen LogP contribution in [0.5, 0.6) is 0 Å². The van der Waals surface area contributed by atoms with Gasteiger partial charge in [-0.1, -0.05) is 12.1 Å². The van der Waals surface area contributed by atoms with Crippen LogP contribution in [0.3, 0.4) is 0 Å². The van der Waals surface area contributed by atoms with Gasteiger partial charge in [-0.05, 0) is 31.0 Å². The summed E-state index contributed by atoms with van der Waals surface area (Å²) in [6.07, 6.45) is 1.01. The molecule has 1 amide bonds. The molecule has 1 saturated heterocycles. The monoisotopic (exact) mass is 234 g/mol. The van der Waals surface area contributed by atoms with Crippen molar-refractivity contribution in [1.82, 2.24) is 5.32 Å². The lowest BCUT2D eigenvalue weighted by molar-refractivity contribution is -0.125. The van der Waals surface area contributed by atoms with Gasteiger partial charge in [0.2, 0.25) is 5.91 Å². The van der Waals surface area contributed by atoms with Gasteiger partial charge in [0.05, 0.1) is 18.6 Å².